The largest absolute Gasteiger partial charge is 0.461 e. The molecule has 0 radical (unpaired) electrons. The predicted molar refractivity (Wildman–Crippen MR) is 96.5 cm³/mol. The van der Waals surface area contributed by atoms with Gasteiger partial charge < -0.3 is 13.6 Å². The molecule has 0 aliphatic carbocycles. The number of rotatable bonds is 3. The fourth-order valence-electron chi connectivity index (χ4n) is 2.79. The maximum atomic E-state index is 13.1. The summed E-state index contributed by atoms with van der Waals surface area (Å²) >= 11 is 0. The van der Waals surface area contributed by atoms with Crippen LogP contribution in [-0.4, -0.2) is 9.97 Å². The minimum absolute atomic E-state index is 0.00282. The van der Waals surface area contributed by atoms with E-state index in [4.69, 9.17) is 13.6 Å². The van der Waals surface area contributed by atoms with Crippen LogP contribution in [0.5, 0.6) is 11.8 Å². The van der Waals surface area contributed by atoms with Crippen molar-refractivity contribution in [2.45, 2.75) is 20.8 Å². The highest BCUT2D eigenvalue weighted by molar-refractivity contribution is 5.81. The van der Waals surface area contributed by atoms with Crippen molar-refractivity contribution in [3.63, 3.8) is 0 Å². The molecule has 3 heterocycles. The number of furan rings is 1. The minimum Gasteiger partial charge on any atom is -0.461 e. The Morgan fingerprint density at radius 1 is 1.00 bits per heavy atom. The monoisotopic (exact) mass is 348 g/mol. The summed E-state index contributed by atoms with van der Waals surface area (Å²) in [5.41, 5.74) is 2.59. The number of ether oxygens (including phenoxy) is 1. The van der Waals surface area contributed by atoms with Crippen LogP contribution in [-0.2, 0) is 0 Å². The summed E-state index contributed by atoms with van der Waals surface area (Å²) in [6.45, 7) is 5.58. The topological polar surface area (TPSA) is 78.4 Å². The van der Waals surface area contributed by atoms with Crippen LogP contribution in [0.25, 0.3) is 22.5 Å². The van der Waals surface area contributed by atoms with Crippen molar-refractivity contribution < 1.29 is 13.6 Å². The second kappa shape index (κ2) is 6.15. The second-order valence-electron chi connectivity index (χ2n) is 6.10. The first-order chi connectivity index (χ1) is 12.5. The average molecular weight is 348 g/mol. The summed E-state index contributed by atoms with van der Waals surface area (Å²) in [5.74, 6) is 0.603. The van der Waals surface area contributed by atoms with Crippen molar-refractivity contribution in [2.24, 2.45) is 0 Å². The molecule has 26 heavy (non-hydrogen) atoms. The minimum atomic E-state index is -0.302. The molecule has 0 saturated heterocycles. The van der Waals surface area contributed by atoms with Gasteiger partial charge in [-0.15, -0.1) is 0 Å². The average Bonchev–Trinajstić information content (AvgIpc) is 3.11. The van der Waals surface area contributed by atoms with Gasteiger partial charge in [-0.25, -0.2) is 9.97 Å². The normalized spacial score (nSPS) is 11.0. The Hall–Kier alpha value is -3.41. The van der Waals surface area contributed by atoms with Crippen molar-refractivity contribution in [3.05, 3.63) is 69.8 Å². The number of hydrogen-bond acceptors (Lipinski definition) is 6. The van der Waals surface area contributed by atoms with Crippen LogP contribution in [0.1, 0.15) is 17.0 Å². The summed E-state index contributed by atoms with van der Waals surface area (Å²) in [6, 6.07) is 10.7. The predicted octanol–water partition coefficient (Wildman–Crippen LogP) is 4.56. The highest BCUT2D eigenvalue weighted by Gasteiger charge is 2.21. The fourth-order valence-corrected chi connectivity index (χ4v) is 2.79. The van der Waals surface area contributed by atoms with Crippen LogP contribution in [0.3, 0.4) is 0 Å². The molecule has 130 valence electrons. The van der Waals surface area contributed by atoms with Crippen LogP contribution >= 0.6 is 0 Å². The van der Waals surface area contributed by atoms with E-state index in [0.29, 0.717) is 16.7 Å². The summed E-state index contributed by atoms with van der Waals surface area (Å²) < 4.78 is 17.1. The van der Waals surface area contributed by atoms with Gasteiger partial charge in [0, 0.05) is 11.4 Å². The van der Waals surface area contributed by atoms with Gasteiger partial charge >= 0.3 is 6.01 Å². The Morgan fingerprint density at radius 3 is 2.46 bits per heavy atom. The van der Waals surface area contributed by atoms with E-state index in [9.17, 15) is 4.79 Å². The molecule has 3 aromatic heterocycles. The third-order valence-corrected chi connectivity index (χ3v) is 3.90. The molecule has 0 aliphatic rings. The summed E-state index contributed by atoms with van der Waals surface area (Å²) in [7, 11) is 0. The van der Waals surface area contributed by atoms with Crippen LogP contribution in [0.15, 0.2) is 56.3 Å². The van der Waals surface area contributed by atoms with E-state index in [-0.39, 0.29) is 22.9 Å². The van der Waals surface area contributed by atoms with Crippen LogP contribution < -0.4 is 10.2 Å². The molecule has 0 N–H and O–H groups in total. The van der Waals surface area contributed by atoms with E-state index in [1.165, 1.54) is 6.26 Å². The molecular formula is C20H16N2O4. The number of benzene rings is 1. The number of fused-ring (bicyclic) bond motifs is 1. The molecule has 6 heteroatoms. The molecule has 0 amide bonds. The fraction of sp³-hybridized carbons (Fsp3) is 0.150. The highest BCUT2D eigenvalue weighted by Crippen LogP contribution is 2.33. The van der Waals surface area contributed by atoms with Gasteiger partial charge in [-0.1, -0.05) is 11.6 Å². The molecular weight excluding hydrogens is 332 g/mol. The smallest absolute Gasteiger partial charge is 0.322 e. The van der Waals surface area contributed by atoms with E-state index in [1.807, 2.05) is 32.9 Å². The molecule has 0 fully saturated rings. The SMILES string of the molecule is Cc1ccc2oc(-c3ccco3)c(Oc3nc(C)cc(C)n3)c(=O)c2c1. The Morgan fingerprint density at radius 2 is 1.77 bits per heavy atom. The van der Waals surface area contributed by atoms with Crippen LogP contribution in [0.4, 0.5) is 0 Å². The van der Waals surface area contributed by atoms with Crippen molar-refractivity contribution >= 4 is 11.0 Å². The maximum Gasteiger partial charge on any atom is 0.322 e. The zero-order valence-electron chi connectivity index (χ0n) is 14.6. The molecule has 4 rings (SSSR count). The quantitative estimate of drug-likeness (QED) is 0.540. The third-order valence-electron chi connectivity index (χ3n) is 3.90. The number of nitrogens with zero attached hydrogens (tertiary/aromatic N) is 2. The Labute approximate surface area is 149 Å². The molecule has 0 unspecified atom stereocenters. The van der Waals surface area contributed by atoms with Gasteiger partial charge in [0.05, 0.1) is 11.6 Å². The zero-order valence-corrected chi connectivity index (χ0v) is 14.6. The van der Waals surface area contributed by atoms with Crippen molar-refractivity contribution in [2.75, 3.05) is 0 Å². The Balaban J connectivity index is 1.97. The van der Waals surface area contributed by atoms with E-state index in [0.717, 1.165) is 17.0 Å². The lowest BCUT2D eigenvalue weighted by Gasteiger charge is -2.10. The van der Waals surface area contributed by atoms with Crippen LogP contribution in [0.2, 0.25) is 0 Å². The van der Waals surface area contributed by atoms with Gasteiger partial charge in [0.2, 0.25) is 16.9 Å². The standard InChI is InChI=1S/C20H16N2O4/c1-11-6-7-15-14(9-11)17(23)19(18(25-15)16-5-4-8-24-16)26-20-21-12(2)10-13(3)22-20/h4-10H,1-3H3. The molecule has 1 aromatic carbocycles. The molecule has 0 atom stereocenters. The summed E-state index contributed by atoms with van der Waals surface area (Å²) in [4.78, 5) is 21.6. The van der Waals surface area contributed by atoms with Gasteiger partial charge in [0.1, 0.15) is 5.58 Å². The number of hydrogen-bond donors (Lipinski definition) is 0. The van der Waals surface area contributed by atoms with Gasteiger partial charge in [-0.05, 0) is 51.1 Å². The molecule has 0 aliphatic heterocycles. The van der Waals surface area contributed by atoms with Crippen molar-refractivity contribution in [1.29, 1.82) is 0 Å². The van der Waals surface area contributed by atoms with Gasteiger partial charge in [0.25, 0.3) is 0 Å². The van der Waals surface area contributed by atoms with E-state index >= 15 is 0 Å². The zero-order chi connectivity index (χ0) is 18.3. The highest BCUT2D eigenvalue weighted by atomic mass is 16.5. The van der Waals surface area contributed by atoms with E-state index < -0.39 is 0 Å². The molecule has 0 bridgehead atoms. The Kier molecular flexibility index (Phi) is 3.80. The molecule has 0 saturated carbocycles. The Bertz CT molecular complexity index is 1140. The number of aryl methyl sites for hydroxylation is 3. The molecule has 0 spiro atoms. The van der Waals surface area contributed by atoms with Crippen molar-refractivity contribution in [1.82, 2.24) is 9.97 Å². The van der Waals surface area contributed by atoms with Crippen molar-refractivity contribution in [3.8, 4) is 23.3 Å². The van der Waals surface area contributed by atoms with E-state index in [1.54, 1.807) is 24.3 Å². The lowest BCUT2D eigenvalue weighted by atomic mass is 10.1. The first-order valence-corrected chi connectivity index (χ1v) is 8.13. The first kappa shape index (κ1) is 16.1. The summed E-state index contributed by atoms with van der Waals surface area (Å²) in [5, 5.41) is 0.430. The number of aromatic nitrogens is 2. The van der Waals surface area contributed by atoms with E-state index in [2.05, 4.69) is 9.97 Å². The van der Waals surface area contributed by atoms with Gasteiger partial charge in [-0.3, -0.25) is 4.79 Å². The third kappa shape index (κ3) is 2.86. The van der Waals surface area contributed by atoms with Crippen LogP contribution in [0, 0.1) is 20.8 Å². The van der Waals surface area contributed by atoms with Gasteiger partial charge in [-0.2, -0.15) is 0 Å². The first-order valence-electron chi connectivity index (χ1n) is 8.13. The maximum absolute atomic E-state index is 13.1. The lowest BCUT2D eigenvalue weighted by Crippen LogP contribution is -2.09. The van der Waals surface area contributed by atoms with Gasteiger partial charge in [0.15, 0.2) is 5.76 Å². The molecule has 6 nitrogen and oxygen atoms in total. The molecule has 4 aromatic rings. The lowest BCUT2D eigenvalue weighted by molar-refractivity contribution is 0.416. The second-order valence-corrected chi connectivity index (χ2v) is 6.10. The summed E-state index contributed by atoms with van der Waals surface area (Å²) in [6.07, 6.45) is 1.51.